The molecule has 29 heavy (non-hydrogen) atoms. The normalized spacial score (nSPS) is 10.5. The van der Waals surface area contributed by atoms with E-state index in [0.717, 1.165) is 11.1 Å². The van der Waals surface area contributed by atoms with E-state index >= 15 is 0 Å². The molecular formula is C22H17N3O4. The van der Waals surface area contributed by atoms with Crippen molar-refractivity contribution in [1.82, 2.24) is 5.16 Å². The molecule has 4 rings (SSSR count). The SMILES string of the molecule is Cc1ccc(-c2cc(C(=O)Nc3cccc(NC(=O)c4ccco4)c3)on2)cc1. The second-order valence-electron chi connectivity index (χ2n) is 6.41. The van der Waals surface area contributed by atoms with Crippen molar-refractivity contribution in [2.75, 3.05) is 10.6 Å². The minimum absolute atomic E-state index is 0.0885. The highest BCUT2D eigenvalue weighted by molar-refractivity contribution is 6.04. The van der Waals surface area contributed by atoms with Crippen molar-refractivity contribution in [3.05, 3.63) is 90.1 Å². The lowest BCUT2D eigenvalue weighted by molar-refractivity contribution is 0.0984. The first kappa shape index (κ1) is 18.2. The van der Waals surface area contributed by atoms with Crippen LogP contribution in [0, 0.1) is 6.92 Å². The number of furan rings is 1. The Morgan fingerprint density at radius 2 is 1.52 bits per heavy atom. The zero-order valence-corrected chi connectivity index (χ0v) is 15.5. The van der Waals surface area contributed by atoms with Crippen LogP contribution in [0.3, 0.4) is 0 Å². The molecule has 7 nitrogen and oxygen atoms in total. The second kappa shape index (κ2) is 7.85. The third kappa shape index (κ3) is 4.24. The number of anilines is 2. The molecule has 2 N–H and O–H groups in total. The summed E-state index contributed by atoms with van der Waals surface area (Å²) in [6.45, 7) is 2.00. The first-order valence-corrected chi connectivity index (χ1v) is 8.88. The van der Waals surface area contributed by atoms with Crippen LogP contribution >= 0.6 is 0 Å². The molecule has 0 bridgehead atoms. The Bertz CT molecular complexity index is 1150. The summed E-state index contributed by atoms with van der Waals surface area (Å²) in [6.07, 6.45) is 1.42. The van der Waals surface area contributed by atoms with Crippen LogP contribution in [0.2, 0.25) is 0 Å². The van der Waals surface area contributed by atoms with Gasteiger partial charge < -0.3 is 19.6 Å². The lowest BCUT2D eigenvalue weighted by Crippen LogP contribution is -2.13. The summed E-state index contributed by atoms with van der Waals surface area (Å²) in [5, 5.41) is 9.40. The number of benzene rings is 2. The zero-order valence-electron chi connectivity index (χ0n) is 15.5. The Morgan fingerprint density at radius 3 is 2.17 bits per heavy atom. The van der Waals surface area contributed by atoms with Gasteiger partial charge in [0.1, 0.15) is 5.69 Å². The van der Waals surface area contributed by atoms with Crippen molar-refractivity contribution in [3.63, 3.8) is 0 Å². The van der Waals surface area contributed by atoms with E-state index in [1.165, 1.54) is 6.26 Å². The fourth-order valence-electron chi connectivity index (χ4n) is 2.71. The van der Waals surface area contributed by atoms with Crippen LogP contribution in [-0.2, 0) is 0 Å². The van der Waals surface area contributed by atoms with Gasteiger partial charge in [-0.2, -0.15) is 0 Å². The predicted molar refractivity (Wildman–Crippen MR) is 108 cm³/mol. The van der Waals surface area contributed by atoms with Gasteiger partial charge >= 0.3 is 0 Å². The van der Waals surface area contributed by atoms with Gasteiger partial charge in [-0.05, 0) is 37.3 Å². The number of nitrogens with zero attached hydrogens (tertiary/aromatic N) is 1. The Balaban J connectivity index is 1.45. The number of rotatable bonds is 5. The first-order valence-electron chi connectivity index (χ1n) is 8.88. The highest BCUT2D eigenvalue weighted by Crippen LogP contribution is 2.21. The lowest BCUT2D eigenvalue weighted by Gasteiger charge is -2.07. The highest BCUT2D eigenvalue weighted by Gasteiger charge is 2.15. The van der Waals surface area contributed by atoms with Gasteiger partial charge in [-0.15, -0.1) is 0 Å². The van der Waals surface area contributed by atoms with Gasteiger partial charge in [-0.25, -0.2) is 0 Å². The van der Waals surface area contributed by atoms with E-state index in [2.05, 4.69) is 15.8 Å². The number of hydrogen-bond acceptors (Lipinski definition) is 5. The third-order valence-corrected chi connectivity index (χ3v) is 4.20. The minimum atomic E-state index is -0.439. The number of amides is 2. The summed E-state index contributed by atoms with van der Waals surface area (Å²) >= 11 is 0. The number of carbonyl (C=O) groups is 2. The van der Waals surface area contributed by atoms with Crippen molar-refractivity contribution in [3.8, 4) is 11.3 Å². The van der Waals surface area contributed by atoms with E-state index in [0.29, 0.717) is 17.1 Å². The van der Waals surface area contributed by atoms with Gasteiger partial charge in [-0.1, -0.05) is 41.1 Å². The molecule has 0 aliphatic carbocycles. The molecule has 2 aromatic heterocycles. The van der Waals surface area contributed by atoms with Gasteiger partial charge in [0.25, 0.3) is 11.8 Å². The summed E-state index contributed by atoms with van der Waals surface area (Å²) < 4.78 is 10.2. The van der Waals surface area contributed by atoms with Crippen LogP contribution in [0.25, 0.3) is 11.3 Å². The number of aromatic nitrogens is 1. The van der Waals surface area contributed by atoms with Crippen LogP contribution in [0.15, 0.2) is 81.9 Å². The summed E-state index contributed by atoms with van der Waals surface area (Å²) in [7, 11) is 0. The molecule has 0 atom stereocenters. The van der Waals surface area contributed by atoms with Gasteiger partial charge in [0.2, 0.25) is 5.76 Å². The summed E-state index contributed by atoms with van der Waals surface area (Å²) in [5.41, 5.74) is 3.59. The van der Waals surface area contributed by atoms with Crippen LogP contribution in [0.4, 0.5) is 11.4 Å². The molecule has 2 amide bonds. The van der Waals surface area contributed by atoms with Gasteiger partial charge in [0, 0.05) is 23.0 Å². The summed E-state index contributed by atoms with van der Waals surface area (Å²) in [4.78, 5) is 24.6. The summed E-state index contributed by atoms with van der Waals surface area (Å²) in [5.74, 6) is -0.530. The van der Waals surface area contributed by atoms with Crippen molar-refractivity contribution in [2.24, 2.45) is 0 Å². The largest absolute Gasteiger partial charge is 0.459 e. The van der Waals surface area contributed by atoms with E-state index < -0.39 is 5.91 Å². The average molecular weight is 387 g/mol. The first-order chi connectivity index (χ1) is 14.1. The van der Waals surface area contributed by atoms with Crippen LogP contribution in [-0.4, -0.2) is 17.0 Å². The molecule has 7 heteroatoms. The molecule has 2 aromatic carbocycles. The molecular weight excluding hydrogens is 370 g/mol. The molecule has 144 valence electrons. The quantitative estimate of drug-likeness (QED) is 0.515. The van der Waals surface area contributed by atoms with Crippen molar-refractivity contribution < 1.29 is 18.5 Å². The lowest BCUT2D eigenvalue weighted by atomic mass is 10.1. The van der Waals surface area contributed by atoms with Crippen molar-refractivity contribution in [1.29, 1.82) is 0 Å². The number of carbonyl (C=O) groups excluding carboxylic acids is 2. The van der Waals surface area contributed by atoms with Crippen LogP contribution in [0.1, 0.15) is 26.7 Å². The van der Waals surface area contributed by atoms with Crippen LogP contribution in [0.5, 0.6) is 0 Å². The molecule has 0 saturated heterocycles. The maximum absolute atomic E-state index is 12.5. The Hall–Kier alpha value is -4.13. The Morgan fingerprint density at radius 1 is 0.828 bits per heavy atom. The van der Waals surface area contributed by atoms with E-state index in [1.807, 2.05) is 31.2 Å². The molecule has 0 radical (unpaired) electrons. The maximum atomic E-state index is 12.5. The third-order valence-electron chi connectivity index (χ3n) is 4.20. The highest BCUT2D eigenvalue weighted by atomic mass is 16.5. The Labute approximate surface area is 166 Å². The molecule has 4 aromatic rings. The molecule has 0 unspecified atom stereocenters. The van der Waals surface area contributed by atoms with Gasteiger partial charge in [0.05, 0.1) is 6.26 Å². The van der Waals surface area contributed by atoms with Crippen LogP contribution < -0.4 is 10.6 Å². The van der Waals surface area contributed by atoms with Crippen molar-refractivity contribution >= 4 is 23.2 Å². The molecule has 0 spiro atoms. The smallest absolute Gasteiger partial charge is 0.294 e. The molecule has 0 aliphatic heterocycles. The minimum Gasteiger partial charge on any atom is -0.459 e. The van der Waals surface area contributed by atoms with E-state index in [9.17, 15) is 9.59 Å². The maximum Gasteiger partial charge on any atom is 0.294 e. The number of aryl methyl sites for hydroxylation is 1. The summed E-state index contributed by atoms with van der Waals surface area (Å²) in [6, 6.07) is 19.3. The Kier molecular flexibility index (Phi) is 4.94. The molecule has 0 saturated carbocycles. The molecule has 2 heterocycles. The van der Waals surface area contributed by atoms with E-state index in [1.54, 1.807) is 42.5 Å². The second-order valence-corrected chi connectivity index (χ2v) is 6.41. The van der Waals surface area contributed by atoms with E-state index in [4.69, 9.17) is 8.94 Å². The van der Waals surface area contributed by atoms with Gasteiger partial charge in [-0.3, -0.25) is 9.59 Å². The fourth-order valence-corrected chi connectivity index (χ4v) is 2.71. The predicted octanol–water partition coefficient (Wildman–Crippen LogP) is 4.75. The number of nitrogens with one attached hydrogen (secondary N) is 2. The monoisotopic (exact) mass is 387 g/mol. The molecule has 0 aliphatic rings. The van der Waals surface area contributed by atoms with Crippen molar-refractivity contribution in [2.45, 2.75) is 6.92 Å². The standard InChI is InChI=1S/C22H17N3O4/c1-14-7-9-15(10-8-14)18-13-20(29-25-18)22(27)24-17-5-2-4-16(12-17)23-21(26)19-6-3-11-28-19/h2-13H,1H3,(H,23,26)(H,24,27). The fraction of sp³-hybridized carbons (Fsp3) is 0.0455. The average Bonchev–Trinajstić information content (AvgIpc) is 3.41. The molecule has 0 fully saturated rings. The number of hydrogen-bond donors (Lipinski definition) is 2. The van der Waals surface area contributed by atoms with Gasteiger partial charge in [0.15, 0.2) is 5.76 Å². The topological polar surface area (TPSA) is 97.4 Å². The zero-order chi connectivity index (χ0) is 20.2. The van der Waals surface area contributed by atoms with E-state index in [-0.39, 0.29) is 17.4 Å².